The number of aromatic nitrogens is 2. The number of hydrogen-bond acceptors (Lipinski definition) is 8. The maximum absolute atomic E-state index is 13.4. The van der Waals surface area contributed by atoms with Crippen LogP contribution in [0.1, 0.15) is 49.4 Å². The number of esters is 1. The van der Waals surface area contributed by atoms with Crippen LogP contribution in [0, 0.1) is 0 Å². The quantitative estimate of drug-likeness (QED) is 0.302. The monoisotopic (exact) mass is 500 g/mol. The van der Waals surface area contributed by atoms with Gasteiger partial charge in [0.25, 0.3) is 5.56 Å². The summed E-state index contributed by atoms with van der Waals surface area (Å²) in [6, 6.07) is 6.52. The van der Waals surface area contributed by atoms with Crippen LogP contribution in [0.3, 0.4) is 0 Å². The molecule has 2 aromatic heterocycles. The molecular formula is C24H25N2O8P. The van der Waals surface area contributed by atoms with Gasteiger partial charge in [0.1, 0.15) is 12.4 Å². The lowest BCUT2D eigenvalue weighted by Gasteiger charge is -2.31. The Morgan fingerprint density at radius 2 is 1.97 bits per heavy atom. The van der Waals surface area contributed by atoms with E-state index >= 15 is 0 Å². The molecule has 0 bridgehead atoms. The van der Waals surface area contributed by atoms with Crippen LogP contribution in [-0.2, 0) is 43.8 Å². The number of carbonyl (C=O) groups excluding carboxylic acids is 1. The summed E-state index contributed by atoms with van der Waals surface area (Å²) in [4.78, 5) is 40.4. The van der Waals surface area contributed by atoms with Crippen LogP contribution in [0.25, 0.3) is 22.3 Å². The van der Waals surface area contributed by atoms with Crippen molar-refractivity contribution in [3.8, 4) is 17.1 Å². The van der Waals surface area contributed by atoms with Crippen molar-refractivity contribution < 1.29 is 33.1 Å². The second-order valence-corrected chi connectivity index (χ2v) is 9.91. The van der Waals surface area contributed by atoms with Gasteiger partial charge in [-0.3, -0.25) is 14.2 Å². The molecule has 0 spiro atoms. The molecule has 0 radical (unpaired) electrons. The Kier molecular flexibility index (Phi) is 5.60. The van der Waals surface area contributed by atoms with Crippen LogP contribution in [0.2, 0.25) is 0 Å². The van der Waals surface area contributed by atoms with Crippen LogP contribution in [0.15, 0.2) is 29.1 Å². The molecule has 0 saturated carbocycles. The number of aryl methyl sites for hydroxylation is 1. The molecule has 10 nitrogen and oxygen atoms in total. The molecular weight excluding hydrogens is 475 g/mol. The highest BCUT2D eigenvalue weighted by Crippen LogP contribution is 2.45. The Morgan fingerprint density at radius 1 is 1.20 bits per heavy atom. The normalized spacial score (nSPS) is 20.1. The molecule has 0 amide bonds. The number of phosphoric ester groups is 1. The zero-order chi connectivity index (χ0) is 25.1. The largest absolute Gasteiger partial charge is 0.527 e. The summed E-state index contributed by atoms with van der Waals surface area (Å²) in [5.74, 6) is -0.600. The smallest absolute Gasteiger partial charge is 0.458 e. The maximum Gasteiger partial charge on any atom is 0.527 e. The Hall–Kier alpha value is -3.04. The highest BCUT2D eigenvalue weighted by molar-refractivity contribution is 7.47. The topological polar surface area (TPSA) is 137 Å². The fraction of sp³-hybridized carbons (Fsp3) is 0.375. The van der Waals surface area contributed by atoms with Gasteiger partial charge in [-0.1, -0.05) is 13.8 Å². The second kappa shape index (κ2) is 8.27. The Morgan fingerprint density at radius 3 is 2.66 bits per heavy atom. The number of fused-ring (bicyclic) bond motifs is 5. The highest BCUT2D eigenvalue weighted by atomic mass is 31.2. The van der Waals surface area contributed by atoms with Gasteiger partial charge in [-0.15, -0.1) is 0 Å². The van der Waals surface area contributed by atoms with Crippen LogP contribution < -0.4 is 10.1 Å². The van der Waals surface area contributed by atoms with Gasteiger partial charge in [0.05, 0.1) is 35.6 Å². The number of rotatable bonds is 6. The molecule has 2 aliphatic heterocycles. The van der Waals surface area contributed by atoms with Gasteiger partial charge >= 0.3 is 13.8 Å². The minimum Gasteiger partial charge on any atom is -0.458 e. The lowest BCUT2D eigenvalue weighted by Crippen LogP contribution is -2.44. The number of ether oxygens (including phenoxy) is 1. The first kappa shape index (κ1) is 23.7. The third kappa shape index (κ3) is 3.60. The van der Waals surface area contributed by atoms with Gasteiger partial charge in [-0.25, -0.2) is 14.3 Å². The molecule has 0 saturated heterocycles. The van der Waals surface area contributed by atoms with E-state index in [-0.39, 0.29) is 48.6 Å². The minimum absolute atomic E-state index is 0.0252. The summed E-state index contributed by atoms with van der Waals surface area (Å²) in [5, 5.41) is 11.8. The Balaban J connectivity index is 1.69. The standard InChI is InChI=1S/C24H25N2O8P/c1-4-14-15-9-13(34-35(30,31)33-6-3)7-8-19(15)25-21-16(14)11-26-20(21)10-18-17(22(26)27)12-32-23(28)24(18,29)5-2/h7-10,29H,4-6,11-12H2,1-3H3,(H,30,31)/t24-/m0/s1. The first-order valence-corrected chi connectivity index (χ1v) is 12.9. The molecule has 2 atom stereocenters. The molecule has 2 N–H and O–H groups in total. The summed E-state index contributed by atoms with van der Waals surface area (Å²) in [5.41, 5.74) is 1.79. The van der Waals surface area contributed by atoms with E-state index in [1.54, 1.807) is 36.6 Å². The number of phosphoric acid groups is 1. The fourth-order valence-electron chi connectivity index (χ4n) is 4.92. The van der Waals surface area contributed by atoms with Gasteiger partial charge < -0.3 is 18.9 Å². The average Bonchev–Trinajstić information content (AvgIpc) is 3.18. The third-order valence-corrected chi connectivity index (χ3v) is 7.67. The number of benzene rings is 1. The predicted octanol–water partition coefficient (Wildman–Crippen LogP) is 3.16. The molecule has 35 heavy (non-hydrogen) atoms. The van der Waals surface area contributed by atoms with Gasteiger partial charge in [0.15, 0.2) is 5.60 Å². The minimum atomic E-state index is -4.25. The van der Waals surface area contributed by atoms with E-state index in [9.17, 15) is 24.2 Å². The molecule has 5 rings (SSSR count). The molecule has 1 unspecified atom stereocenters. The van der Waals surface area contributed by atoms with Gasteiger partial charge in [-0.2, -0.15) is 0 Å². The zero-order valence-electron chi connectivity index (χ0n) is 19.5. The number of nitrogens with zero attached hydrogens (tertiary/aromatic N) is 2. The van der Waals surface area contributed by atoms with Gasteiger partial charge in [0, 0.05) is 16.5 Å². The summed E-state index contributed by atoms with van der Waals surface area (Å²) >= 11 is 0. The summed E-state index contributed by atoms with van der Waals surface area (Å²) in [7, 11) is -4.25. The van der Waals surface area contributed by atoms with Crippen molar-refractivity contribution in [3.05, 3.63) is 56.9 Å². The SMILES string of the molecule is CCOP(=O)(O)Oc1ccc2nc3c(c(CC)c2c1)Cn1c-3cc2c(c1=O)COC(=O)[C@]2(O)CC. The molecule has 4 heterocycles. The lowest BCUT2D eigenvalue weighted by molar-refractivity contribution is -0.172. The Labute approximate surface area is 200 Å². The number of carbonyl (C=O) groups is 1. The van der Waals surface area contributed by atoms with Crippen LogP contribution in [0.4, 0.5) is 0 Å². The maximum atomic E-state index is 13.4. The third-order valence-electron chi connectivity index (χ3n) is 6.64. The lowest BCUT2D eigenvalue weighted by atomic mass is 9.86. The molecule has 11 heteroatoms. The number of hydrogen-bond donors (Lipinski definition) is 2. The van der Waals surface area contributed by atoms with E-state index in [0.717, 1.165) is 16.5 Å². The number of aliphatic hydroxyl groups is 1. The van der Waals surface area contributed by atoms with Crippen molar-refractivity contribution in [1.82, 2.24) is 9.55 Å². The molecule has 3 aromatic rings. The van der Waals surface area contributed by atoms with Crippen molar-refractivity contribution in [1.29, 1.82) is 0 Å². The summed E-state index contributed by atoms with van der Waals surface area (Å²) < 4.78 is 28.8. The van der Waals surface area contributed by atoms with E-state index in [0.29, 0.717) is 23.3 Å². The molecule has 0 aliphatic carbocycles. The highest BCUT2D eigenvalue weighted by Gasteiger charge is 2.45. The summed E-state index contributed by atoms with van der Waals surface area (Å²) in [6.07, 6.45) is 0.676. The van der Waals surface area contributed by atoms with Crippen molar-refractivity contribution in [2.24, 2.45) is 0 Å². The fourth-order valence-corrected chi connectivity index (χ4v) is 5.68. The van der Waals surface area contributed by atoms with Crippen LogP contribution in [0.5, 0.6) is 5.75 Å². The second-order valence-electron chi connectivity index (χ2n) is 8.53. The molecule has 2 aliphatic rings. The average molecular weight is 500 g/mol. The van der Waals surface area contributed by atoms with E-state index in [1.165, 1.54) is 6.07 Å². The molecule has 184 valence electrons. The summed E-state index contributed by atoms with van der Waals surface area (Å²) in [6.45, 7) is 5.33. The van der Waals surface area contributed by atoms with Crippen molar-refractivity contribution in [2.75, 3.05) is 6.61 Å². The van der Waals surface area contributed by atoms with E-state index in [1.807, 2.05) is 6.92 Å². The first-order valence-electron chi connectivity index (χ1n) is 11.4. The number of cyclic esters (lactones) is 1. The first-order chi connectivity index (χ1) is 16.6. The van der Waals surface area contributed by atoms with Crippen molar-refractivity contribution in [2.45, 2.75) is 52.4 Å². The van der Waals surface area contributed by atoms with Gasteiger partial charge in [0.2, 0.25) is 0 Å². The van der Waals surface area contributed by atoms with E-state index in [4.69, 9.17) is 18.8 Å². The Bertz CT molecular complexity index is 1500. The number of pyridine rings is 2. The predicted molar refractivity (Wildman–Crippen MR) is 126 cm³/mol. The van der Waals surface area contributed by atoms with Crippen molar-refractivity contribution >= 4 is 24.7 Å². The molecule has 0 fully saturated rings. The van der Waals surface area contributed by atoms with Gasteiger partial charge in [-0.05, 0) is 49.6 Å². The van der Waals surface area contributed by atoms with Crippen molar-refractivity contribution in [3.63, 3.8) is 0 Å². The van der Waals surface area contributed by atoms with Crippen LogP contribution in [-0.4, -0.2) is 32.1 Å². The van der Waals surface area contributed by atoms with E-state index < -0.39 is 19.4 Å². The van der Waals surface area contributed by atoms with E-state index in [2.05, 4.69) is 0 Å². The van der Waals surface area contributed by atoms with Crippen LogP contribution >= 0.6 is 7.82 Å². The zero-order valence-corrected chi connectivity index (χ0v) is 20.4. The molecule has 1 aromatic carbocycles.